The molecule has 0 unspecified atom stereocenters. The molecule has 1 heterocycles. The number of rotatable bonds is 1. The SMILES string of the molecule is O=C(CCl)N1CCC[C@@H]2CCCC[C@H]21. The molecule has 1 saturated carbocycles. The molecule has 0 N–H and O–H groups in total. The van der Waals surface area contributed by atoms with Gasteiger partial charge in [-0.1, -0.05) is 12.8 Å². The van der Waals surface area contributed by atoms with E-state index in [-0.39, 0.29) is 11.8 Å². The molecule has 80 valence electrons. The molecule has 0 spiro atoms. The summed E-state index contributed by atoms with van der Waals surface area (Å²) >= 11 is 5.63. The van der Waals surface area contributed by atoms with Gasteiger partial charge in [0.05, 0.1) is 0 Å². The molecule has 0 aromatic rings. The molecule has 2 atom stereocenters. The van der Waals surface area contributed by atoms with E-state index in [1.54, 1.807) is 0 Å². The third kappa shape index (κ3) is 1.90. The van der Waals surface area contributed by atoms with Crippen LogP contribution in [0.1, 0.15) is 38.5 Å². The average molecular weight is 216 g/mol. The van der Waals surface area contributed by atoms with E-state index in [4.69, 9.17) is 11.6 Å². The van der Waals surface area contributed by atoms with Crippen molar-refractivity contribution in [3.8, 4) is 0 Å². The van der Waals surface area contributed by atoms with Crippen LogP contribution in [0.2, 0.25) is 0 Å². The lowest BCUT2D eigenvalue weighted by molar-refractivity contribution is -0.134. The van der Waals surface area contributed by atoms with E-state index < -0.39 is 0 Å². The zero-order chi connectivity index (χ0) is 9.97. The van der Waals surface area contributed by atoms with Crippen molar-refractivity contribution in [1.82, 2.24) is 4.90 Å². The number of likely N-dealkylation sites (tertiary alicyclic amines) is 1. The first kappa shape index (κ1) is 10.3. The Morgan fingerprint density at radius 1 is 1.21 bits per heavy atom. The van der Waals surface area contributed by atoms with Gasteiger partial charge < -0.3 is 4.90 Å². The lowest BCUT2D eigenvalue weighted by Gasteiger charge is -2.44. The molecule has 0 bridgehead atoms. The molecule has 0 aromatic heterocycles. The van der Waals surface area contributed by atoms with Crippen molar-refractivity contribution in [3.05, 3.63) is 0 Å². The summed E-state index contributed by atoms with van der Waals surface area (Å²) in [6.07, 6.45) is 7.64. The smallest absolute Gasteiger partial charge is 0.237 e. The van der Waals surface area contributed by atoms with Crippen molar-refractivity contribution in [2.24, 2.45) is 5.92 Å². The molecule has 14 heavy (non-hydrogen) atoms. The van der Waals surface area contributed by atoms with Crippen LogP contribution in [0.3, 0.4) is 0 Å². The standard InChI is InChI=1S/C11H18ClNO/c12-8-11(14)13-7-3-5-9-4-1-2-6-10(9)13/h9-10H,1-8H2/t9-,10+/m0/s1. The van der Waals surface area contributed by atoms with Gasteiger partial charge in [-0.05, 0) is 31.6 Å². The first-order valence-corrected chi connectivity index (χ1v) is 6.22. The fraction of sp³-hybridized carbons (Fsp3) is 0.909. The fourth-order valence-electron chi connectivity index (χ4n) is 3.01. The molecule has 1 aliphatic carbocycles. The Morgan fingerprint density at radius 2 is 1.93 bits per heavy atom. The number of hydrogen-bond acceptors (Lipinski definition) is 1. The highest BCUT2D eigenvalue weighted by Gasteiger charge is 2.34. The van der Waals surface area contributed by atoms with Crippen LogP contribution in [0, 0.1) is 5.92 Å². The zero-order valence-electron chi connectivity index (χ0n) is 8.54. The summed E-state index contributed by atoms with van der Waals surface area (Å²) < 4.78 is 0. The zero-order valence-corrected chi connectivity index (χ0v) is 9.30. The van der Waals surface area contributed by atoms with Crippen LogP contribution in [0.4, 0.5) is 0 Å². The van der Waals surface area contributed by atoms with Crippen LogP contribution < -0.4 is 0 Å². The van der Waals surface area contributed by atoms with Gasteiger partial charge in [0.25, 0.3) is 0 Å². The van der Waals surface area contributed by atoms with Gasteiger partial charge in [0.1, 0.15) is 5.88 Å². The Kier molecular flexibility index (Phi) is 3.32. The summed E-state index contributed by atoms with van der Waals surface area (Å²) in [6.45, 7) is 0.937. The number of piperidine rings is 1. The van der Waals surface area contributed by atoms with Crippen molar-refractivity contribution in [3.63, 3.8) is 0 Å². The number of halogens is 1. The van der Waals surface area contributed by atoms with E-state index >= 15 is 0 Å². The monoisotopic (exact) mass is 215 g/mol. The van der Waals surface area contributed by atoms with E-state index in [2.05, 4.69) is 0 Å². The maximum Gasteiger partial charge on any atom is 0.237 e. The van der Waals surface area contributed by atoms with Crippen molar-refractivity contribution in [2.75, 3.05) is 12.4 Å². The van der Waals surface area contributed by atoms with Gasteiger partial charge >= 0.3 is 0 Å². The Hall–Kier alpha value is -0.240. The summed E-state index contributed by atoms with van der Waals surface area (Å²) in [7, 11) is 0. The molecule has 2 nitrogen and oxygen atoms in total. The van der Waals surface area contributed by atoms with Gasteiger partial charge in [-0.25, -0.2) is 0 Å². The highest BCUT2D eigenvalue weighted by molar-refractivity contribution is 6.27. The van der Waals surface area contributed by atoms with Gasteiger partial charge in [-0.2, -0.15) is 0 Å². The van der Waals surface area contributed by atoms with Gasteiger partial charge in [-0.15, -0.1) is 11.6 Å². The average Bonchev–Trinajstić information content (AvgIpc) is 2.27. The Balaban J connectivity index is 2.04. The third-order valence-electron chi connectivity index (χ3n) is 3.68. The Morgan fingerprint density at radius 3 is 2.71 bits per heavy atom. The van der Waals surface area contributed by atoms with E-state index in [0.717, 1.165) is 12.5 Å². The lowest BCUT2D eigenvalue weighted by atomic mass is 9.78. The van der Waals surface area contributed by atoms with E-state index in [1.807, 2.05) is 4.90 Å². The molecule has 0 aromatic carbocycles. The second-order valence-corrected chi connectivity index (χ2v) is 4.74. The molecule has 3 heteroatoms. The molecular weight excluding hydrogens is 198 g/mol. The predicted molar refractivity (Wildman–Crippen MR) is 57.4 cm³/mol. The minimum absolute atomic E-state index is 0.142. The van der Waals surface area contributed by atoms with Gasteiger partial charge in [0, 0.05) is 12.6 Å². The lowest BCUT2D eigenvalue weighted by Crippen LogP contribution is -2.50. The van der Waals surface area contributed by atoms with Crippen LogP contribution in [0.25, 0.3) is 0 Å². The second-order valence-electron chi connectivity index (χ2n) is 4.47. The number of alkyl halides is 1. The predicted octanol–water partition coefficient (Wildman–Crippen LogP) is 2.41. The third-order valence-corrected chi connectivity index (χ3v) is 3.91. The number of fused-ring (bicyclic) bond motifs is 1. The molecule has 1 aliphatic heterocycles. The fourth-order valence-corrected chi connectivity index (χ4v) is 3.16. The summed E-state index contributed by atoms with van der Waals surface area (Å²) in [5.74, 6) is 1.07. The van der Waals surface area contributed by atoms with Crippen molar-refractivity contribution < 1.29 is 4.79 Å². The first-order valence-electron chi connectivity index (χ1n) is 5.68. The van der Waals surface area contributed by atoms with E-state index in [1.165, 1.54) is 38.5 Å². The maximum absolute atomic E-state index is 11.6. The van der Waals surface area contributed by atoms with Crippen LogP contribution in [0.15, 0.2) is 0 Å². The highest BCUT2D eigenvalue weighted by Crippen LogP contribution is 2.35. The molecule has 2 rings (SSSR count). The summed E-state index contributed by atoms with van der Waals surface area (Å²) in [5, 5.41) is 0. The largest absolute Gasteiger partial charge is 0.338 e. The maximum atomic E-state index is 11.6. The van der Waals surface area contributed by atoms with Crippen LogP contribution in [-0.2, 0) is 4.79 Å². The summed E-state index contributed by atoms with van der Waals surface area (Å²) in [6, 6.07) is 0.517. The quantitative estimate of drug-likeness (QED) is 0.616. The highest BCUT2D eigenvalue weighted by atomic mass is 35.5. The first-order chi connectivity index (χ1) is 6.83. The molecule has 0 radical (unpaired) electrons. The summed E-state index contributed by atoms with van der Waals surface area (Å²) in [4.78, 5) is 13.7. The molecule has 2 fully saturated rings. The summed E-state index contributed by atoms with van der Waals surface area (Å²) in [5.41, 5.74) is 0. The number of carbonyl (C=O) groups excluding carboxylic acids is 1. The van der Waals surface area contributed by atoms with Gasteiger partial charge in [0.2, 0.25) is 5.91 Å². The minimum Gasteiger partial charge on any atom is -0.338 e. The van der Waals surface area contributed by atoms with Gasteiger partial charge in [-0.3, -0.25) is 4.79 Å². The molecule has 1 saturated heterocycles. The Labute approximate surface area is 90.6 Å². The topological polar surface area (TPSA) is 20.3 Å². The van der Waals surface area contributed by atoms with Gasteiger partial charge in [0.15, 0.2) is 0 Å². The van der Waals surface area contributed by atoms with Crippen molar-refractivity contribution in [2.45, 2.75) is 44.6 Å². The van der Waals surface area contributed by atoms with E-state index in [9.17, 15) is 4.79 Å². The van der Waals surface area contributed by atoms with Crippen LogP contribution >= 0.6 is 11.6 Å². The minimum atomic E-state index is 0.142. The molecule has 2 aliphatic rings. The van der Waals surface area contributed by atoms with E-state index in [0.29, 0.717) is 6.04 Å². The normalized spacial score (nSPS) is 32.5. The van der Waals surface area contributed by atoms with Crippen molar-refractivity contribution >= 4 is 17.5 Å². The number of amides is 1. The van der Waals surface area contributed by atoms with Crippen LogP contribution in [0.5, 0.6) is 0 Å². The van der Waals surface area contributed by atoms with Crippen molar-refractivity contribution in [1.29, 1.82) is 0 Å². The number of nitrogens with zero attached hydrogens (tertiary/aromatic N) is 1. The molecular formula is C11H18ClNO. The molecule has 1 amide bonds. The number of carbonyl (C=O) groups is 1. The second kappa shape index (κ2) is 4.52. The Bertz CT molecular complexity index is 217. The number of hydrogen-bond donors (Lipinski definition) is 0. The van der Waals surface area contributed by atoms with Crippen LogP contribution in [-0.4, -0.2) is 29.3 Å².